The molecule has 3 atom stereocenters. The molecule has 0 bridgehead atoms. The van der Waals surface area contributed by atoms with E-state index in [1.165, 1.54) is 6.07 Å². The second-order valence-corrected chi connectivity index (χ2v) is 10.8. The molecule has 3 fully saturated rings. The van der Waals surface area contributed by atoms with E-state index >= 15 is 0 Å². The van der Waals surface area contributed by atoms with Gasteiger partial charge in [-0.25, -0.2) is 8.78 Å². The quantitative estimate of drug-likeness (QED) is 0.616. The second-order valence-electron chi connectivity index (χ2n) is 10.8. The second kappa shape index (κ2) is 9.92. The van der Waals surface area contributed by atoms with Crippen LogP contribution in [-0.4, -0.2) is 95.1 Å². The molecule has 38 heavy (non-hydrogen) atoms. The maximum absolute atomic E-state index is 13.4. The molecule has 1 unspecified atom stereocenters. The van der Waals surface area contributed by atoms with E-state index in [1.54, 1.807) is 27.5 Å². The number of alkyl halides is 2. The van der Waals surface area contributed by atoms with E-state index in [-0.39, 0.29) is 30.5 Å². The first-order chi connectivity index (χ1) is 18.4. The topological polar surface area (TPSA) is 91.1 Å². The van der Waals surface area contributed by atoms with Gasteiger partial charge in [-0.05, 0) is 43.2 Å². The standard InChI is InChI=1S/C27H33F2N5O4/c1-16-19(26(28)29)3-2-4-21(16)31-5-7-32(8-6-31)23(36)14-34-22-12-17-11-20(17)24(22)25(30-34)27(37)33-9-10-38-18(13-33)15-35/h2-4,17-18,20,26,35H,5-15H2,1H3/t17-,18-,20?/m1/s1. The van der Waals surface area contributed by atoms with E-state index in [1.807, 2.05) is 6.07 Å². The maximum atomic E-state index is 13.4. The van der Waals surface area contributed by atoms with Crippen LogP contribution in [0, 0.1) is 12.8 Å². The number of nitrogens with zero attached hydrogens (tertiary/aromatic N) is 5. The van der Waals surface area contributed by atoms with Gasteiger partial charge < -0.3 is 24.5 Å². The molecule has 2 saturated heterocycles. The van der Waals surface area contributed by atoms with Crippen LogP contribution in [0.5, 0.6) is 0 Å². The first kappa shape index (κ1) is 25.2. The first-order valence-electron chi connectivity index (χ1n) is 13.4. The van der Waals surface area contributed by atoms with E-state index in [0.717, 1.165) is 29.8 Å². The largest absolute Gasteiger partial charge is 0.394 e. The highest BCUT2D eigenvalue weighted by Gasteiger charge is 2.50. The van der Waals surface area contributed by atoms with Crippen LogP contribution in [0.1, 0.15) is 51.6 Å². The van der Waals surface area contributed by atoms with Crippen LogP contribution in [-0.2, 0) is 22.5 Å². The molecule has 1 saturated carbocycles. The molecular weight excluding hydrogens is 496 g/mol. The number of aliphatic hydroxyl groups excluding tert-OH is 1. The number of hydrogen-bond acceptors (Lipinski definition) is 6. The summed E-state index contributed by atoms with van der Waals surface area (Å²) < 4.78 is 33.9. The molecule has 0 spiro atoms. The molecule has 2 aromatic rings. The van der Waals surface area contributed by atoms with Crippen molar-refractivity contribution in [2.45, 2.75) is 44.8 Å². The van der Waals surface area contributed by atoms with Gasteiger partial charge in [-0.3, -0.25) is 14.3 Å². The Morgan fingerprint density at radius 3 is 2.68 bits per heavy atom. The van der Waals surface area contributed by atoms with E-state index < -0.39 is 12.5 Å². The number of fused-ring (bicyclic) bond motifs is 3. The number of carbonyl (C=O) groups is 2. The predicted octanol–water partition coefficient (Wildman–Crippen LogP) is 1.97. The lowest BCUT2D eigenvalue weighted by molar-refractivity contribution is -0.132. The lowest BCUT2D eigenvalue weighted by Crippen LogP contribution is -2.50. The van der Waals surface area contributed by atoms with Crippen molar-refractivity contribution in [2.24, 2.45) is 5.92 Å². The van der Waals surface area contributed by atoms with Gasteiger partial charge in [0.2, 0.25) is 5.91 Å². The van der Waals surface area contributed by atoms with E-state index in [0.29, 0.717) is 69.0 Å². The molecule has 3 heterocycles. The van der Waals surface area contributed by atoms with Crippen LogP contribution in [0.3, 0.4) is 0 Å². The summed E-state index contributed by atoms with van der Waals surface area (Å²) in [7, 11) is 0. The zero-order chi connectivity index (χ0) is 26.6. The number of ether oxygens (including phenoxy) is 1. The van der Waals surface area contributed by atoms with Gasteiger partial charge in [0.25, 0.3) is 12.3 Å². The number of benzene rings is 1. The summed E-state index contributed by atoms with van der Waals surface area (Å²) in [6.07, 6.45) is -1.01. The summed E-state index contributed by atoms with van der Waals surface area (Å²) >= 11 is 0. The minimum absolute atomic E-state index is 0.0425. The summed E-state index contributed by atoms with van der Waals surface area (Å²) in [4.78, 5) is 32.2. The Hall–Kier alpha value is -3.05. The third kappa shape index (κ3) is 4.45. The summed E-state index contributed by atoms with van der Waals surface area (Å²) in [6, 6.07) is 4.97. The molecule has 2 aliphatic carbocycles. The molecule has 1 aromatic carbocycles. The highest BCUT2D eigenvalue weighted by molar-refractivity contribution is 5.95. The molecule has 9 nitrogen and oxygen atoms in total. The number of piperazine rings is 1. The third-order valence-electron chi connectivity index (χ3n) is 8.52. The Labute approximate surface area is 219 Å². The Morgan fingerprint density at radius 2 is 1.95 bits per heavy atom. The van der Waals surface area contributed by atoms with Crippen LogP contribution in [0.25, 0.3) is 0 Å². The highest BCUT2D eigenvalue weighted by atomic mass is 19.3. The SMILES string of the molecule is Cc1c(C(F)F)cccc1N1CCN(C(=O)Cn2nc(C(=O)N3CCO[C@@H](CO)C3)c3c2C[C@H]2CC32)CC1. The average Bonchev–Trinajstić information content (AvgIpc) is 3.46. The summed E-state index contributed by atoms with van der Waals surface area (Å²) in [6.45, 7) is 4.93. The lowest BCUT2D eigenvalue weighted by Gasteiger charge is -2.37. The minimum atomic E-state index is -2.52. The number of amides is 2. The van der Waals surface area contributed by atoms with Crippen LogP contribution >= 0.6 is 0 Å². The van der Waals surface area contributed by atoms with Crippen molar-refractivity contribution < 1.29 is 28.2 Å². The maximum Gasteiger partial charge on any atom is 0.274 e. The fourth-order valence-electron chi connectivity index (χ4n) is 6.29. The Balaban J connectivity index is 1.14. The molecular formula is C27H33F2N5O4. The number of aromatic nitrogens is 2. The molecule has 4 aliphatic rings. The van der Waals surface area contributed by atoms with E-state index in [2.05, 4.69) is 10.00 Å². The molecule has 2 aliphatic heterocycles. The van der Waals surface area contributed by atoms with Crippen molar-refractivity contribution in [1.29, 1.82) is 0 Å². The van der Waals surface area contributed by atoms with Gasteiger partial charge in [0.1, 0.15) is 6.54 Å². The number of halogens is 2. The molecule has 204 valence electrons. The van der Waals surface area contributed by atoms with E-state index in [4.69, 9.17) is 4.74 Å². The fourth-order valence-corrected chi connectivity index (χ4v) is 6.29. The van der Waals surface area contributed by atoms with E-state index in [9.17, 15) is 23.5 Å². The van der Waals surface area contributed by atoms with Crippen molar-refractivity contribution >= 4 is 17.5 Å². The van der Waals surface area contributed by atoms with Crippen molar-refractivity contribution in [3.8, 4) is 0 Å². The summed E-state index contributed by atoms with van der Waals surface area (Å²) in [5.41, 5.74) is 3.84. The molecule has 1 aromatic heterocycles. The van der Waals surface area contributed by atoms with Crippen LogP contribution in [0.15, 0.2) is 18.2 Å². The van der Waals surface area contributed by atoms with Gasteiger partial charge in [-0.1, -0.05) is 12.1 Å². The number of carbonyl (C=O) groups excluding carboxylic acids is 2. The normalized spacial score (nSPS) is 24.6. The Morgan fingerprint density at radius 1 is 1.16 bits per heavy atom. The Bertz CT molecular complexity index is 1240. The highest BCUT2D eigenvalue weighted by Crippen LogP contribution is 2.57. The van der Waals surface area contributed by atoms with Gasteiger partial charge in [0, 0.05) is 61.8 Å². The van der Waals surface area contributed by atoms with Crippen LogP contribution in [0.4, 0.5) is 14.5 Å². The van der Waals surface area contributed by atoms with Gasteiger partial charge in [-0.2, -0.15) is 5.10 Å². The first-order valence-corrected chi connectivity index (χ1v) is 13.4. The van der Waals surface area contributed by atoms with Crippen LogP contribution in [0.2, 0.25) is 0 Å². The molecule has 0 radical (unpaired) electrons. The third-order valence-corrected chi connectivity index (χ3v) is 8.52. The lowest BCUT2D eigenvalue weighted by atomic mass is 10.1. The van der Waals surface area contributed by atoms with Crippen molar-refractivity contribution in [1.82, 2.24) is 19.6 Å². The monoisotopic (exact) mass is 529 g/mol. The van der Waals surface area contributed by atoms with Crippen molar-refractivity contribution in [3.63, 3.8) is 0 Å². The number of morpholine rings is 1. The zero-order valence-corrected chi connectivity index (χ0v) is 21.5. The number of rotatable bonds is 6. The fraction of sp³-hybridized carbons (Fsp3) is 0.593. The van der Waals surface area contributed by atoms with Crippen LogP contribution < -0.4 is 4.90 Å². The average molecular weight is 530 g/mol. The number of anilines is 1. The smallest absolute Gasteiger partial charge is 0.274 e. The van der Waals surface area contributed by atoms with Gasteiger partial charge >= 0.3 is 0 Å². The predicted molar refractivity (Wildman–Crippen MR) is 134 cm³/mol. The number of hydrogen-bond donors (Lipinski definition) is 1. The molecule has 1 N–H and O–H groups in total. The summed E-state index contributed by atoms with van der Waals surface area (Å²) in [5, 5.41) is 14.1. The van der Waals surface area contributed by atoms with Gasteiger partial charge in [0.15, 0.2) is 5.69 Å². The summed E-state index contributed by atoms with van der Waals surface area (Å²) in [5.74, 6) is 0.663. The minimum Gasteiger partial charge on any atom is -0.394 e. The zero-order valence-electron chi connectivity index (χ0n) is 21.5. The van der Waals surface area contributed by atoms with Gasteiger partial charge in [-0.15, -0.1) is 0 Å². The Kier molecular flexibility index (Phi) is 6.59. The molecule has 6 rings (SSSR count). The van der Waals surface area contributed by atoms with Crippen molar-refractivity contribution in [3.05, 3.63) is 46.3 Å². The van der Waals surface area contributed by atoms with Gasteiger partial charge in [0.05, 0.1) is 19.3 Å². The molecule has 11 heteroatoms. The molecule has 2 amide bonds. The van der Waals surface area contributed by atoms with Crippen molar-refractivity contribution in [2.75, 3.05) is 57.4 Å². The number of aliphatic hydroxyl groups is 1.